The molecular weight excluding hydrogens is 312 g/mol. The molecule has 2 N–H and O–H groups in total. The number of hydrogen-bond acceptors (Lipinski definition) is 2. The Hall–Kier alpha value is -1.32. The van der Waals surface area contributed by atoms with Crippen LogP contribution in [0, 0.1) is 6.92 Å². The molecule has 0 saturated heterocycles. The largest absolute Gasteiger partial charge is 0.399 e. The van der Waals surface area contributed by atoms with Crippen LogP contribution in [-0.2, 0) is 13.0 Å². The molecule has 0 bridgehead atoms. The predicted molar refractivity (Wildman–Crippen MR) is 89.8 cm³/mol. The molecule has 2 aromatic rings. The third kappa shape index (κ3) is 4.36. The lowest BCUT2D eigenvalue weighted by molar-refractivity contribution is 0.331. The minimum Gasteiger partial charge on any atom is -0.399 e. The van der Waals surface area contributed by atoms with E-state index in [0.717, 1.165) is 29.7 Å². The third-order valence-electron chi connectivity index (χ3n) is 3.48. The van der Waals surface area contributed by atoms with Crippen LogP contribution in [0.1, 0.15) is 16.7 Å². The molecule has 0 saturated carbocycles. The Bertz CT molecular complexity index is 581. The highest BCUT2D eigenvalue weighted by Crippen LogP contribution is 2.17. The van der Waals surface area contributed by atoms with Gasteiger partial charge in [0.15, 0.2) is 0 Å². The summed E-state index contributed by atoms with van der Waals surface area (Å²) < 4.78 is 1.15. The summed E-state index contributed by atoms with van der Waals surface area (Å²) in [7, 11) is 2.15. The van der Waals surface area contributed by atoms with Crippen molar-refractivity contribution in [2.75, 3.05) is 19.3 Å². The van der Waals surface area contributed by atoms with Crippen molar-refractivity contribution >= 4 is 21.6 Å². The molecule has 0 spiro atoms. The second-order valence-corrected chi connectivity index (χ2v) is 6.22. The van der Waals surface area contributed by atoms with E-state index in [-0.39, 0.29) is 0 Å². The molecule has 0 radical (unpaired) electrons. The number of anilines is 1. The van der Waals surface area contributed by atoms with Crippen LogP contribution in [0.4, 0.5) is 5.69 Å². The Morgan fingerprint density at radius 3 is 2.70 bits per heavy atom. The predicted octanol–water partition coefficient (Wildman–Crippen LogP) is 4.01. The smallest absolute Gasteiger partial charge is 0.0317 e. The fraction of sp³-hybridized carbons (Fsp3) is 0.294. The van der Waals surface area contributed by atoms with Crippen LogP contribution in [0.2, 0.25) is 0 Å². The maximum absolute atomic E-state index is 5.81. The van der Waals surface area contributed by atoms with Gasteiger partial charge in [0.05, 0.1) is 0 Å². The Kier molecular flexibility index (Phi) is 5.21. The van der Waals surface area contributed by atoms with Gasteiger partial charge in [0.1, 0.15) is 0 Å². The number of nitrogen functional groups attached to an aromatic ring is 1. The van der Waals surface area contributed by atoms with Crippen LogP contribution < -0.4 is 5.73 Å². The summed E-state index contributed by atoms with van der Waals surface area (Å²) in [6, 6.07) is 14.6. The highest BCUT2D eigenvalue weighted by molar-refractivity contribution is 9.10. The van der Waals surface area contributed by atoms with Crippen molar-refractivity contribution in [1.29, 1.82) is 0 Å². The fourth-order valence-corrected chi connectivity index (χ4v) is 2.71. The molecular formula is C17H21BrN2. The van der Waals surface area contributed by atoms with Gasteiger partial charge in [0.25, 0.3) is 0 Å². The van der Waals surface area contributed by atoms with Gasteiger partial charge < -0.3 is 10.6 Å². The van der Waals surface area contributed by atoms with Crippen LogP contribution in [0.15, 0.2) is 46.9 Å². The van der Waals surface area contributed by atoms with E-state index in [4.69, 9.17) is 5.73 Å². The van der Waals surface area contributed by atoms with Crippen LogP contribution in [0.3, 0.4) is 0 Å². The molecule has 2 aromatic carbocycles. The summed E-state index contributed by atoms with van der Waals surface area (Å²) in [5.74, 6) is 0. The highest BCUT2D eigenvalue weighted by atomic mass is 79.9. The molecule has 0 aliphatic heterocycles. The molecule has 0 aromatic heterocycles. The van der Waals surface area contributed by atoms with Crippen LogP contribution >= 0.6 is 15.9 Å². The first-order valence-electron chi connectivity index (χ1n) is 6.82. The summed E-state index contributed by atoms with van der Waals surface area (Å²) in [5.41, 5.74) is 10.7. The lowest BCUT2D eigenvalue weighted by Crippen LogP contribution is -2.21. The van der Waals surface area contributed by atoms with Crippen molar-refractivity contribution in [1.82, 2.24) is 4.90 Å². The first-order chi connectivity index (χ1) is 9.54. The topological polar surface area (TPSA) is 29.3 Å². The standard InChI is InChI=1S/C17H21BrN2/c1-13-6-7-16(18)11-15(13)8-9-20(2)12-14-4-3-5-17(19)10-14/h3-7,10-11H,8-9,12,19H2,1-2H3. The summed E-state index contributed by atoms with van der Waals surface area (Å²) in [6.45, 7) is 4.13. The lowest BCUT2D eigenvalue weighted by Gasteiger charge is -2.17. The molecule has 0 amide bonds. The van der Waals surface area contributed by atoms with Crippen molar-refractivity contribution in [3.8, 4) is 0 Å². The third-order valence-corrected chi connectivity index (χ3v) is 3.97. The van der Waals surface area contributed by atoms with E-state index in [1.807, 2.05) is 18.2 Å². The van der Waals surface area contributed by atoms with Gasteiger partial charge in [-0.15, -0.1) is 0 Å². The second kappa shape index (κ2) is 6.91. The maximum Gasteiger partial charge on any atom is 0.0317 e. The van der Waals surface area contributed by atoms with Crippen molar-refractivity contribution in [3.05, 3.63) is 63.6 Å². The normalized spacial score (nSPS) is 11.0. The van der Waals surface area contributed by atoms with E-state index in [2.05, 4.69) is 59.1 Å². The summed E-state index contributed by atoms with van der Waals surface area (Å²) in [4.78, 5) is 2.33. The molecule has 0 fully saturated rings. The average Bonchev–Trinajstić information content (AvgIpc) is 2.40. The average molecular weight is 333 g/mol. The summed E-state index contributed by atoms with van der Waals surface area (Å²) >= 11 is 3.54. The second-order valence-electron chi connectivity index (χ2n) is 5.30. The Balaban J connectivity index is 1.92. The van der Waals surface area contributed by atoms with Crippen molar-refractivity contribution in [2.24, 2.45) is 0 Å². The molecule has 0 heterocycles. The minimum absolute atomic E-state index is 0.832. The van der Waals surface area contributed by atoms with Crippen LogP contribution in [0.25, 0.3) is 0 Å². The molecule has 3 heteroatoms. The van der Waals surface area contributed by atoms with Crippen molar-refractivity contribution in [3.63, 3.8) is 0 Å². The quantitative estimate of drug-likeness (QED) is 0.838. The number of rotatable bonds is 5. The highest BCUT2D eigenvalue weighted by Gasteiger charge is 2.04. The van der Waals surface area contributed by atoms with Gasteiger partial charge >= 0.3 is 0 Å². The number of hydrogen-bond donors (Lipinski definition) is 1. The summed E-state index contributed by atoms with van der Waals surface area (Å²) in [5, 5.41) is 0. The Labute approximate surface area is 129 Å². The fourth-order valence-electron chi connectivity index (χ4n) is 2.30. The number of nitrogens with two attached hydrogens (primary N) is 1. The number of benzene rings is 2. The van der Waals surface area contributed by atoms with E-state index in [9.17, 15) is 0 Å². The number of nitrogens with zero attached hydrogens (tertiary/aromatic N) is 1. The zero-order valence-electron chi connectivity index (χ0n) is 12.1. The van der Waals surface area contributed by atoms with Gasteiger partial charge in [-0.05, 0) is 61.3 Å². The van der Waals surface area contributed by atoms with E-state index in [0.29, 0.717) is 0 Å². The first-order valence-corrected chi connectivity index (χ1v) is 7.62. The summed E-state index contributed by atoms with van der Waals surface area (Å²) in [6.07, 6.45) is 1.06. The monoisotopic (exact) mass is 332 g/mol. The van der Waals surface area contributed by atoms with Gasteiger partial charge in [-0.3, -0.25) is 0 Å². The molecule has 0 aliphatic rings. The van der Waals surface area contributed by atoms with E-state index < -0.39 is 0 Å². The molecule has 2 rings (SSSR count). The van der Waals surface area contributed by atoms with Gasteiger partial charge in [0, 0.05) is 23.2 Å². The molecule has 2 nitrogen and oxygen atoms in total. The zero-order chi connectivity index (χ0) is 14.5. The van der Waals surface area contributed by atoms with Gasteiger partial charge in [-0.2, -0.15) is 0 Å². The van der Waals surface area contributed by atoms with E-state index in [1.54, 1.807) is 0 Å². The van der Waals surface area contributed by atoms with Gasteiger partial charge in [-0.25, -0.2) is 0 Å². The van der Waals surface area contributed by atoms with Crippen molar-refractivity contribution in [2.45, 2.75) is 19.9 Å². The minimum atomic E-state index is 0.832. The number of aryl methyl sites for hydroxylation is 1. The maximum atomic E-state index is 5.81. The van der Waals surface area contributed by atoms with Crippen LogP contribution in [-0.4, -0.2) is 18.5 Å². The molecule has 0 atom stereocenters. The van der Waals surface area contributed by atoms with Gasteiger partial charge in [-0.1, -0.05) is 34.1 Å². The van der Waals surface area contributed by atoms with E-state index >= 15 is 0 Å². The molecule has 106 valence electrons. The Morgan fingerprint density at radius 1 is 1.15 bits per heavy atom. The number of likely N-dealkylation sites (N-methyl/N-ethyl adjacent to an activating group) is 1. The van der Waals surface area contributed by atoms with Crippen LogP contribution in [0.5, 0.6) is 0 Å². The Morgan fingerprint density at radius 2 is 1.95 bits per heavy atom. The first kappa shape index (κ1) is 15.1. The molecule has 0 unspecified atom stereocenters. The number of halogens is 1. The SMILES string of the molecule is Cc1ccc(Br)cc1CCN(C)Cc1cccc(N)c1. The molecule has 0 aliphatic carbocycles. The molecule has 20 heavy (non-hydrogen) atoms. The zero-order valence-corrected chi connectivity index (χ0v) is 13.7. The lowest BCUT2D eigenvalue weighted by atomic mass is 10.1. The van der Waals surface area contributed by atoms with Gasteiger partial charge in [0.2, 0.25) is 0 Å². The van der Waals surface area contributed by atoms with Crippen molar-refractivity contribution < 1.29 is 0 Å². The van der Waals surface area contributed by atoms with E-state index in [1.165, 1.54) is 16.7 Å².